The van der Waals surface area contributed by atoms with Crippen molar-refractivity contribution in [3.8, 4) is 0 Å². The van der Waals surface area contributed by atoms with E-state index >= 15 is 0 Å². The summed E-state index contributed by atoms with van der Waals surface area (Å²) >= 11 is 0. The molecule has 7 nitrogen and oxygen atoms in total. The number of carboxylic acids is 1. The molecule has 0 saturated carbocycles. The number of aliphatic carboxylic acids is 1. The number of carbonyl (C=O) groups is 2. The van der Waals surface area contributed by atoms with Crippen LogP contribution >= 0.6 is 0 Å². The summed E-state index contributed by atoms with van der Waals surface area (Å²) in [7, 11) is 0. The van der Waals surface area contributed by atoms with E-state index in [0.717, 1.165) is 19.3 Å². The molecule has 0 aliphatic carbocycles. The van der Waals surface area contributed by atoms with Gasteiger partial charge in [0.2, 0.25) is 5.91 Å². The Bertz CT molecular complexity index is 429. The topological polar surface area (TPSA) is 120 Å². The van der Waals surface area contributed by atoms with Gasteiger partial charge in [0, 0.05) is 19.5 Å². The molecule has 5 N–H and O–H groups in total. The van der Waals surface area contributed by atoms with Gasteiger partial charge in [0.1, 0.15) is 6.04 Å². The molecule has 0 aromatic heterocycles. The summed E-state index contributed by atoms with van der Waals surface area (Å²) in [6.07, 6.45) is 12.0. The number of unbranched alkanes of at least 4 members (excludes halogenated alkanes) is 8. The van der Waals surface area contributed by atoms with Crippen molar-refractivity contribution in [3.63, 3.8) is 0 Å². The zero-order valence-electron chi connectivity index (χ0n) is 17.3. The first-order chi connectivity index (χ1) is 12.9. The maximum Gasteiger partial charge on any atom is 0.326 e. The van der Waals surface area contributed by atoms with Gasteiger partial charge in [0.25, 0.3) is 0 Å². The lowest BCUT2D eigenvalue weighted by Crippen LogP contribution is -2.45. The van der Waals surface area contributed by atoms with Gasteiger partial charge in [0.15, 0.2) is 5.96 Å². The third-order valence-electron chi connectivity index (χ3n) is 4.79. The number of nitrogens with zero attached hydrogens (tertiary/aromatic N) is 1. The Labute approximate surface area is 164 Å². The van der Waals surface area contributed by atoms with Crippen molar-refractivity contribution in [1.29, 1.82) is 5.41 Å². The van der Waals surface area contributed by atoms with E-state index in [1.165, 1.54) is 43.4 Å². The van der Waals surface area contributed by atoms with Gasteiger partial charge >= 0.3 is 5.97 Å². The minimum atomic E-state index is -0.972. The number of carboxylic acid groups (broad SMARTS) is 1. The predicted molar refractivity (Wildman–Crippen MR) is 110 cm³/mol. The summed E-state index contributed by atoms with van der Waals surface area (Å²) in [6, 6.07) is -0.810. The number of carbonyl (C=O) groups excluding carboxylic acids is 1. The molecule has 0 radical (unpaired) electrons. The molecule has 1 atom stereocenters. The van der Waals surface area contributed by atoms with Crippen LogP contribution in [0.1, 0.15) is 90.9 Å². The molecule has 27 heavy (non-hydrogen) atoms. The van der Waals surface area contributed by atoms with Crippen LogP contribution in [0.5, 0.6) is 0 Å². The fourth-order valence-corrected chi connectivity index (χ4v) is 3.23. The van der Waals surface area contributed by atoms with Crippen LogP contribution in [0, 0.1) is 5.41 Å². The van der Waals surface area contributed by atoms with Gasteiger partial charge in [-0.05, 0) is 26.2 Å². The molecule has 0 fully saturated rings. The number of nitrogens with one attached hydrogen (secondary N) is 2. The van der Waals surface area contributed by atoms with Crippen molar-refractivity contribution in [1.82, 2.24) is 10.2 Å². The second-order valence-corrected chi connectivity index (χ2v) is 7.09. The molecule has 0 aliphatic rings. The molecule has 0 aromatic carbocycles. The van der Waals surface area contributed by atoms with Crippen molar-refractivity contribution in [2.24, 2.45) is 5.73 Å². The highest BCUT2D eigenvalue weighted by Gasteiger charge is 2.27. The summed E-state index contributed by atoms with van der Waals surface area (Å²) in [5.74, 6) is -1.18. The lowest BCUT2D eigenvalue weighted by molar-refractivity contribution is -0.150. The van der Waals surface area contributed by atoms with E-state index in [1.54, 1.807) is 0 Å². The molecular weight excluding hydrogens is 344 g/mol. The highest BCUT2D eigenvalue weighted by Crippen LogP contribution is 2.14. The van der Waals surface area contributed by atoms with Gasteiger partial charge in [-0.25, -0.2) is 4.79 Å². The SMILES string of the molecule is CCCCCCCCCCCC(=O)N(CC)[C@@H](CCCNC(=N)N)C(=O)O. The van der Waals surface area contributed by atoms with E-state index < -0.39 is 12.0 Å². The first-order valence-electron chi connectivity index (χ1n) is 10.5. The standard InChI is InChI=1S/C20H40N4O3/c1-3-5-6-7-8-9-10-11-12-15-18(25)24(4-2)17(19(26)27)14-13-16-23-20(21)22/h17H,3-16H2,1-2H3,(H,26,27)(H4,21,22,23)/t17-/m0/s1. The van der Waals surface area contributed by atoms with Crippen LogP contribution in [0.3, 0.4) is 0 Å². The van der Waals surface area contributed by atoms with E-state index in [2.05, 4.69) is 12.2 Å². The Morgan fingerprint density at radius 2 is 1.56 bits per heavy atom. The van der Waals surface area contributed by atoms with Gasteiger partial charge in [-0.15, -0.1) is 0 Å². The minimum Gasteiger partial charge on any atom is -0.480 e. The van der Waals surface area contributed by atoms with Crippen molar-refractivity contribution in [2.75, 3.05) is 13.1 Å². The quantitative estimate of drug-likeness (QED) is 0.174. The number of guanidine groups is 1. The molecule has 0 saturated heterocycles. The maximum atomic E-state index is 12.5. The van der Waals surface area contributed by atoms with Gasteiger partial charge in [-0.2, -0.15) is 0 Å². The Hall–Kier alpha value is -1.79. The Balaban J connectivity index is 4.12. The smallest absolute Gasteiger partial charge is 0.326 e. The third kappa shape index (κ3) is 13.1. The summed E-state index contributed by atoms with van der Waals surface area (Å²) in [4.78, 5) is 25.5. The summed E-state index contributed by atoms with van der Waals surface area (Å²) in [6.45, 7) is 4.86. The molecule has 0 bridgehead atoms. The molecule has 0 unspecified atom stereocenters. The van der Waals surface area contributed by atoms with Crippen LogP contribution in [0.4, 0.5) is 0 Å². The van der Waals surface area contributed by atoms with Gasteiger partial charge in [0.05, 0.1) is 0 Å². The maximum absolute atomic E-state index is 12.5. The van der Waals surface area contributed by atoms with Crippen molar-refractivity contribution < 1.29 is 14.7 Å². The van der Waals surface area contributed by atoms with E-state index in [1.807, 2.05) is 6.92 Å². The van der Waals surface area contributed by atoms with Crippen LogP contribution in [0.15, 0.2) is 0 Å². The number of rotatable bonds is 17. The summed E-state index contributed by atoms with van der Waals surface area (Å²) in [5.41, 5.74) is 5.21. The van der Waals surface area contributed by atoms with E-state index in [4.69, 9.17) is 11.1 Å². The average molecular weight is 385 g/mol. The van der Waals surface area contributed by atoms with Gasteiger partial charge in [-0.3, -0.25) is 10.2 Å². The van der Waals surface area contributed by atoms with Crippen LogP contribution in [0.2, 0.25) is 0 Å². The highest BCUT2D eigenvalue weighted by atomic mass is 16.4. The van der Waals surface area contributed by atoms with Crippen LogP contribution < -0.4 is 11.1 Å². The molecule has 1 amide bonds. The first kappa shape index (κ1) is 25.2. The second-order valence-electron chi connectivity index (χ2n) is 7.09. The average Bonchev–Trinajstić information content (AvgIpc) is 2.62. The minimum absolute atomic E-state index is 0.0765. The number of hydrogen-bond acceptors (Lipinski definition) is 3. The summed E-state index contributed by atoms with van der Waals surface area (Å²) in [5, 5.41) is 19.2. The van der Waals surface area contributed by atoms with Crippen LogP contribution in [-0.4, -0.2) is 47.0 Å². The Kier molecular flexibility index (Phi) is 15.3. The predicted octanol–water partition coefficient (Wildman–Crippen LogP) is 3.47. The molecule has 0 aromatic rings. The molecule has 0 heterocycles. The molecular formula is C20H40N4O3. The Morgan fingerprint density at radius 3 is 2.04 bits per heavy atom. The first-order valence-corrected chi connectivity index (χ1v) is 10.5. The molecule has 0 rings (SSSR count). The molecule has 0 spiro atoms. The van der Waals surface area contributed by atoms with Gasteiger partial charge < -0.3 is 21.1 Å². The second kappa shape index (κ2) is 16.4. The molecule has 0 aliphatic heterocycles. The van der Waals surface area contributed by atoms with Crippen molar-refractivity contribution in [3.05, 3.63) is 0 Å². The third-order valence-corrected chi connectivity index (χ3v) is 4.79. The number of likely N-dealkylation sites (N-methyl/N-ethyl adjacent to an activating group) is 1. The number of amides is 1. The monoisotopic (exact) mass is 384 g/mol. The molecule has 158 valence electrons. The van der Waals surface area contributed by atoms with E-state index in [-0.39, 0.29) is 11.9 Å². The number of nitrogens with two attached hydrogens (primary N) is 1. The normalized spacial score (nSPS) is 11.8. The number of hydrogen-bond donors (Lipinski definition) is 4. The largest absolute Gasteiger partial charge is 0.480 e. The van der Waals surface area contributed by atoms with Crippen molar-refractivity contribution in [2.45, 2.75) is 96.9 Å². The lowest BCUT2D eigenvalue weighted by Gasteiger charge is -2.28. The molecule has 7 heteroatoms. The Morgan fingerprint density at radius 1 is 1.00 bits per heavy atom. The zero-order valence-corrected chi connectivity index (χ0v) is 17.3. The van der Waals surface area contributed by atoms with Crippen LogP contribution in [0.25, 0.3) is 0 Å². The highest BCUT2D eigenvalue weighted by molar-refractivity contribution is 5.83. The van der Waals surface area contributed by atoms with Crippen LogP contribution in [-0.2, 0) is 9.59 Å². The fraction of sp³-hybridized carbons (Fsp3) is 0.850. The summed E-state index contributed by atoms with van der Waals surface area (Å²) < 4.78 is 0. The van der Waals surface area contributed by atoms with Crippen molar-refractivity contribution >= 4 is 17.8 Å². The zero-order chi connectivity index (χ0) is 20.5. The lowest BCUT2D eigenvalue weighted by atomic mass is 10.1. The van der Waals surface area contributed by atoms with E-state index in [9.17, 15) is 14.7 Å². The van der Waals surface area contributed by atoms with E-state index in [0.29, 0.717) is 32.4 Å². The fourth-order valence-electron chi connectivity index (χ4n) is 3.23. The van der Waals surface area contributed by atoms with Gasteiger partial charge in [-0.1, -0.05) is 58.3 Å².